The van der Waals surface area contributed by atoms with E-state index in [4.69, 9.17) is 4.74 Å². The zero-order chi connectivity index (χ0) is 18.4. The van der Waals surface area contributed by atoms with Gasteiger partial charge in [0, 0.05) is 23.5 Å². The van der Waals surface area contributed by atoms with Gasteiger partial charge in [-0.1, -0.05) is 53.3 Å². The maximum absolute atomic E-state index is 12.1. The molecule has 1 heterocycles. The van der Waals surface area contributed by atoms with Gasteiger partial charge in [0.15, 0.2) is 0 Å². The molecule has 0 unspecified atom stereocenters. The van der Waals surface area contributed by atoms with E-state index in [0.29, 0.717) is 10.9 Å². The van der Waals surface area contributed by atoms with Crippen LogP contribution in [-0.4, -0.2) is 13.4 Å². The zero-order valence-corrected chi connectivity index (χ0v) is 15.8. The second kappa shape index (κ2) is 8.27. The van der Waals surface area contributed by atoms with Gasteiger partial charge in [0.25, 0.3) is 5.19 Å². The lowest BCUT2D eigenvalue weighted by Gasteiger charge is -2.05. The van der Waals surface area contributed by atoms with Gasteiger partial charge < -0.3 is 4.74 Å². The Morgan fingerprint density at radius 2 is 1.85 bits per heavy atom. The molecular weight excluding hydrogens is 368 g/mol. The zero-order valence-electron chi connectivity index (χ0n) is 14.1. The molecule has 0 saturated carbocycles. The molecule has 0 bridgehead atoms. The number of benzene rings is 2. The van der Waals surface area contributed by atoms with E-state index < -0.39 is 10.0 Å². The Kier molecular flexibility index (Phi) is 5.82. The van der Waals surface area contributed by atoms with Gasteiger partial charge in [0.1, 0.15) is 5.75 Å². The van der Waals surface area contributed by atoms with Crippen molar-refractivity contribution in [1.29, 1.82) is 0 Å². The van der Waals surface area contributed by atoms with Gasteiger partial charge in [0.05, 0.1) is 0 Å². The highest BCUT2D eigenvalue weighted by Gasteiger charge is 2.06. The Bertz CT molecular complexity index is 963. The van der Waals surface area contributed by atoms with Crippen molar-refractivity contribution in [2.45, 2.75) is 13.5 Å². The van der Waals surface area contributed by atoms with E-state index in [1.807, 2.05) is 48.7 Å². The van der Waals surface area contributed by atoms with Gasteiger partial charge in [-0.15, -0.1) is 0 Å². The number of aromatic nitrogens is 1. The molecule has 0 fully saturated rings. The Balaban J connectivity index is 1.56. The normalized spacial score (nSPS) is 11.7. The standard InChI is InChI=1S/C19H18N2O3S2/c1-15-2-4-16(5-3-15)10-13-26(22,23)21-14-17-6-8-18(9-7-17)24-19-20-11-12-25-19/h2-13,21H,14H2,1H3/b13-10+. The van der Waals surface area contributed by atoms with Crippen LogP contribution in [0.15, 0.2) is 65.5 Å². The van der Waals surface area contributed by atoms with Crippen LogP contribution in [0.1, 0.15) is 16.7 Å². The monoisotopic (exact) mass is 386 g/mol. The third-order valence-electron chi connectivity index (χ3n) is 3.53. The summed E-state index contributed by atoms with van der Waals surface area (Å²) in [6.07, 6.45) is 3.25. The molecule has 0 radical (unpaired) electrons. The van der Waals surface area contributed by atoms with E-state index in [-0.39, 0.29) is 6.54 Å². The number of ether oxygens (including phenoxy) is 1. The molecule has 0 saturated heterocycles. The van der Waals surface area contributed by atoms with E-state index in [1.54, 1.807) is 24.4 Å². The van der Waals surface area contributed by atoms with Crippen LogP contribution in [0.5, 0.6) is 10.9 Å². The summed E-state index contributed by atoms with van der Waals surface area (Å²) in [5.74, 6) is 0.658. The van der Waals surface area contributed by atoms with E-state index in [1.165, 1.54) is 16.7 Å². The van der Waals surface area contributed by atoms with E-state index >= 15 is 0 Å². The number of hydrogen-bond donors (Lipinski definition) is 1. The first-order chi connectivity index (χ1) is 12.5. The minimum atomic E-state index is -3.51. The molecule has 1 aromatic heterocycles. The summed E-state index contributed by atoms with van der Waals surface area (Å²) in [6.45, 7) is 2.19. The third kappa shape index (κ3) is 5.52. The summed E-state index contributed by atoms with van der Waals surface area (Å²) in [5.41, 5.74) is 2.80. The molecule has 134 valence electrons. The quantitative estimate of drug-likeness (QED) is 0.656. The van der Waals surface area contributed by atoms with Crippen LogP contribution in [0.3, 0.4) is 0 Å². The molecule has 1 N–H and O–H groups in total. The fraction of sp³-hybridized carbons (Fsp3) is 0.105. The summed E-state index contributed by atoms with van der Waals surface area (Å²) in [7, 11) is -3.51. The highest BCUT2D eigenvalue weighted by atomic mass is 32.2. The molecule has 0 spiro atoms. The predicted octanol–water partition coefficient (Wildman–Crippen LogP) is 4.33. The van der Waals surface area contributed by atoms with Gasteiger partial charge in [-0.05, 0) is 36.3 Å². The van der Waals surface area contributed by atoms with Gasteiger partial charge >= 0.3 is 0 Å². The van der Waals surface area contributed by atoms with Gasteiger partial charge in [-0.3, -0.25) is 0 Å². The summed E-state index contributed by atoms with van der Waals surface area (Å²) < 4.78 is 32.3. The minimum Gasteiger partial charge on any atom is -0.431 e. The van der Waals surface area contributed by atoms with Crippen LogP contribution in [0.25, 0.3) is 6.08 Å². The molecule has 3 rings (SSSR count). The largest absolute Gasteiger partial charge is 0.431 e. The Morgan fingerprint density at radius 1 is 1.12 bits per heavy atom. The number of nitrogens with zero attached hydrogens (tertiary/aromatic N) is 1. The first kappa shape index (κ1) is 18.3. The molecule has 0 atom stereocenters. The number of aryl methyl sites for hydroxylation is 1. The van der Waals surface area contributed by atoms with Crippen molar-refractivity contribution in [1.82, 2.24) is 9.71 Å². The minimum absolute atomic E-state index is 0.206. The molecule has 5 nitrogen and oxygen atoms in total. The van der Waals surface area contributed by atoms with E-state index in [2.05, 4.69) is 9.71 Å². The molecule has 0 aliphatic heterocycles. The van der Waals surface area contributed by atoms with Crippen molar-refractivity contribution < 1.29 is 13.2 Å². The fourth-order valence-corrected chi connectivity index (χ4v) is 3.42. The van der Waals surface area contributed by atoms with Crippen LogP contribution in [-0.2, 0) is 16.6 Å². The third-order valence-corrected chi connectivity index (χ3v) is 5.22. The molecule has 0 aliphatic carbocycles. The Hall–Kier alpha value is -2.48. The van der Waals surface area contributed by atoms with E-state index in [0.717, 1.165) is 16.7 Å². The summed E-state index contributed by atoms with van der Waals surface area (Å²) in [4.78, 5) is 4.05. The smallest absolute Gasteiger partial charge is 0.278 e. The highest BCUT2D eigenvalue weighted by Crippen LogP contribution is 2.23. The van der Waals surface area contributed by atoms with Crippen LogP contribution >= 0.6 is 11.3 Å². The Morgan fingerprint density at radius 3 is 2.50 bits per heavy atom. The number of rotatable bonds is 7. The predicted molar refractivity (Wildman–Crippen MR) is 105 cm³/mol. The first-order valence-electron chi connectivity index (χ1n) is 7.91. The van der Waals surface area contributed by atoms with Gasteiger partial charge in [0.2, 0.25) is 10.0 Å². The number of hydrogen-bond acceptors (Lipinski definition) is 5. The lowest BCUT2D eigenvalue weighted by atomic mass is 10.2. The Labute approximate surface area is 157 Å². The van der Waals surface area contributed by atoms with E-state index in [9.17, 15) is 8.42 Å². The molecule has 2 aromatic carbocycles. The van der Waals surface area contributed by atoms with Crippen molar-refractivity contribution in [3.63, 3.8) is 0 Å². The van der Waals surface area contributed by atoms with Crippen LogP contribution < -0.4 is 9.46 Å². The van der Waals surface area contributed by atoms with Gasteiger partial charge in [-0.2, -0.15) is 0 Å². The lowest BCUT2D eigenvalue weighted by molar-refractivity contribution is 0.478. The average molecular weight is 386 g/mol. The van der Waals surface area contributed by atoms with Crippen molar-refractivity contribution in [2.75, 3.05) is 0 Å². The molecule has 26 heavy (non-hydrogen) atoms. The van der Waals surface area contributed by atoms with Crippen molar-refractivity contribution >= 4 is 27.4 Å². The average Bonchev–Trinajstić information content (AvgIpc) is 3.14. The van der Waals surface area contributed by atoms with Crippen molar-refractivity contribution in [3.05, 3.63) is 82.2 Å². The second-order valence-electron chi connectivity index (χ2n) is 5.62. The summed E-state index contributed by atoms with van der Waals surface area (Å²) in [5, 5.41) is 3.58. The molecule has 7 heteroatoms. The summed E-state index contributed by atoms with van der Waals surface area (Å²) >= 11 is 1.41. The molecule has 0 aliphatic rings. The summed E-state index contributed by atoms with van der Waals surface area (Å²) in [6, 6.07) is 14.8. The maximum Gasteiger partial charge on any atom is 0.278 e. The van der Waals surface area contributed by atoms with Crippen LogP contribution in [0.4, 0.5) is 0 Å². The second-order valence-corrected chi connectivity index (χ2v) is 8.13. The SMILES string of the molecule is Cc1ccc(/C=C/S(=O)(=O)NCc2ccc(Oc3nccs3)cc2)cc1. The number of sulfonamides is 1. The van der Waals surface area contributed by atoms with Crippen LogP contribution in [0, 0.1) is 6.92 Å². The number of nitrogens with one attached hydrogen (secondary N) is 1. The van der Waals surface area contributed by atoms with Crippen LogP contribution in [0.2, 0.25) is 0 Å². The fourth-order valence-electron chi connectivity index (χ4n) is 2.11. The first-order valence-corrected chi connectivity index (χ1v) is 10.3. The maximum atomic E-state index is 12.1. The van der Waals surface area contributed by atoms with Crippen molar-refractivity contribution in [3.8, 4) is 10.9 Å². The van der Waals surface area contributed by atoms with Gasteiger partial charge in [-0.25, -0.2) is 18.1 Å². The number of thiazole rings is 1. The topological polar surface area (TPSA) is 68.3 Å². The highest BCUT2D eigenvalue weighted by molar-refractivity contribution is 7.92. The van der Waals surface area contributed by atoms with Crippen molar-refractivity contribution in [2.24, 2.45) is 0 Å². The lowest BCUT2D eigenvalue weighted by Crippen LogP contribution is -2.20. The molecule has 0 amide bonds. The molecular formula is C19H18N2O3S2. The molecule has 3 aromatic rings.